The number of nitrogens with one attached hydrogen (secondary N) is 4. The van der Waals surface area contributed by atoms with Crippen LogP contribution in [-0.2, 0) is 68.7 Å². The molecule has 1 aliphatic heterocycles. The lowest BCUT2D eigenvalue weighted by Crippen LogP contribution is -2.61. The molecule has 6 aromatic rings. The van der Waals surface area contributed by atoms with Crippen molar-refractivity contribution in [2.75, 3.05) is 96.0 Å². The predicted octanol–water partition coefficient (Wildman–Crippen LogP) is 10.5. The number of oxazole rings is 1. The normalized spacial score (nSPS) is 16.1. The molecule has 524 valence electrons. The maximum absolute atomic E-state index is 14.7. The predicted molar refractivity (Wildman–Crippen MR) is 359 cm³/mol. The number of alkyl halides is 2. The Labute approximate surface area is 566 Å². The molecule has 4 N–H and O–H groups in total. The number of benzene rings is 3. The third-order valence-corrected chi connectivity index (χ3v) is 16.9. The van der Waals surface area contributed by atoms with Gasteiger partial charge in [0.2, 0.25) is 23.6 Å². The van der Waals surface area contributed by atoms with E-state index < -0.39 is 47.2 Å². The van der Waals surface area contributed by atoms with E-state index in [9.17, 15) is 32.8 Å². The van der Waals surface area contributed by atoms with Crippen LogP contribution in [0.4, 0.5) is 25.1 Å². The Morgan fingerprint density at radius 2 is 1.46 bits per heavy atom. The smallest absolute Gasteiger partial charge is 0.416 e. The van der Waals surface area contributed by atoms with Crippen molar-refractivity contribution < 1.29 is 70.3 Å². The number of rotatable bonds is 35. The number of nitrogens with zero attached hydrogens (tertiary/aromatic N) is 6. The highest BCUT2D eigenvalue weighted by Crippen LogP contribution is 2.36. The topological polar surface area (TPSA) is 261 Å². The zero-order valence-corrected chi connectivity index (χ0v) is 57.0. The molecule has 0 unspecified atom stereocenters. The molecule has 0 saturated heterocycles. The Hall–Kier alpha value is -8.20. The van der Waals surface area contributed by atoms with E-state index in [0.29, 0.717) is 134 Å². The SMILES string of the molecule is CC[C@@H](C)C(=O)N[C@H](C(=O)N1Cc2cc(OCCOCCOCCOCCOCCOCCNCc3ccc(-n4cc(NC(=O)c5coc(-c6ccnc(N(CC7CC7)C(=O)OC(C)(C)C)c6)n5)c(C(F)F)n4)cc3)ccc2C[C@H]1C(=O)N[C@@H]1CCCc2ccccc21)C(C)(C)C. The van der Waals surface area contributed by atoms with E-state index in [1.54, 1.807) is 49.9 Å². The molecule has 23 nitrogen and oxygen atoms in total. The second-order valence-corrected chi connectivity index (χ2v) is 26.7. The maximum Gasteiger partial charge on any atom is 0.416 e. The van der Waals surface area contributed by atoms with Gasteiger partial charge in [-0.2, -0.15) is 5.10 Å². The summed E-state index contributed by atoms with van der Waals surface area (Å²) in [5.41, 5.74) is 3.77. The number of pyridine rings is 1. The van der Waals surface area contributed by atoms with Crippen LogP contribution in [0.25, 0.3) is 17.1 Å². The maximum atomic E-state index is 14.7. The van der Waals surface area contributed by atoms with E-state index >= 15 is 0 Å². The van der Waals surface area contributed by atoms with Gasteiger partial charge in [0.15, 0.2) is 11.4 Å². The summed E-state index contributed by atoms with van der Waals surface area (Å²) < 4.78 is 75.5. The number of anilines is 2. The summed E-state index contributed by atoms with van der Waals surface area (Å²) in [6.07, 6.45) is 6.11. The Bertz CT molecular complexity index is 3570. The fourth-order valence-corrected chi connectivity index (χ4v) is 11.2. The molecule has 4 heterocycles. The van der Waals surface area contributed by atoms with Gasteiger partial charge in [-0.1, -0.05) is 77.1 Å². The number of halogens is 2. The molecule has 0 radical (unpaired) electrons. The molecule has 0 spiro atoms. The molecule has 4 atom stereocenters. The zero-order valence-electron chi connectivity index (χ0n) is 57.0. The van der Waals surface area contributed by atoms with Gasteiger partial charge in [-0.15, -0.1) is 0 Å². The number of aryl methyl sites for hydroxylation is 1. The fraction of sp³-hybridized carbons (Fsp3) is 0.528. The van der Waals surface area contributed by atoms with Crippen LogP contribution in [0.2, 0.25) is 0 Å². The van der Waals surface area contributed by atoms with Crippen LogP contribution >= 0.6 is 0 Å². The van der Waals surface area contributed by atoms with Gasteiger partial charge in [-0.3, -0.25) is 24.1 Å². The van der Waals surface area contributed by atoms with Crippen molar-refractivity contribution >= 4 is 41.2 Å². The number of amides is 5. The first-order chi connectivity index (χ1) is 46.6. The van der Waals surface area contributed by atoms with Crippen molar-refractivity contribution in [1.29, 1.82) is 0 Å². The van der Waals surface area contributed by atoms with Crippen LogP contribution in [0.15, 0.2) is 102 Å². The number of hydrogen-bond donors (Lipinski definition) is 4. The van der Waals surface area contributed by atoms with Gasteiger partial charge in [0.25, 0.3) is 12.3 Å². The third kappa shape index (κ3) is 21.4. The summed E-state index contributed by atoms with van der Waals surface area (Å²) in [4.78, 5) is 80.7. The highest BCUT2D eigenvalue weighted by atomic mass is 19.3. The first-order valence-corrected chi connectivity index (χ1v) is 33.7. The molecule has 97 heavy (non-hydrogen) atoms. The van der Waals surface area contributed by atoms with Crippen molar-refractivity contribution in [3.05, 3.63) is 137 Å². The summed E-state index contributed by atoms with van der Waals surface area (Å²) in [5.74, 6) is -0.393. The fourth-order valence-electron chi connectivity index (χ4n) is 11.2. The van der Waals surface area contributed by atoms with Crippen molar-refractivity contribution in [3.63, 3.8) is 0 Å². The van der Waals surface area contributed by atoms with E-state index in [1.165, 1.54) is 27.5 Å². The second kappa shape index (κ2) is 34.8. The van der Waals surface area contributed by atoms with Crippen molar-refractivity contribution in [2.24, 2.45) is 17.3 Å². The minimum absolute atomic E-state index is 0.0663. The molecule has 0 bridgehead atoms. The van der Waals surface area contributed by atoms with E-state index in [2.05, 4.69) is 48.5 Å². The lowest BCUT2D eigenvalue weighted by Gasteiger charge is -2.42. The minimum atomic E-state index is -2.99. The highest BCUT2D eigenvalue weighted by Gasteiger charge is 2.43. The van der Waals surface area contributed by atoms with Crippen molar-refractivity contribution in [3.8, 4) is 22.9 Å². The quantitative estimate of drug-likeness (QED) is 0.0270. The molecule has 25 heteroatoms. The molecular weight excluding hydrogens is 1250 g/mol. The molecule has 5 amide bonds. The van der Waals surface area contributed by atoms with E-state index in [1.807, 2.05) is 77.1 Å². The molecular formula is C72H94F2N10O13. The third-order valence-electron chi connectivity index (χ3n) is 16.9. The van der Waals surface area contributed by atoms with Crippen molar-refractivity contribution in [1.82, 2.24) is 40.6 Å². The zero-order chi connectivity index (χ0) is 69.1. The Balaban J connectivity index is 0.609. The number of carbonyl (C=O) groups is 5. The van der Waals surface area contributed by atoms with Crippen LogP contribution in [-0.4, -0.2) is 158 Å². The highest BCUT2D eigenvalue weighted by molar-refractivity contribution is 6.03. The molecule has 3 aromatic carbocycles. The lowest BCUT2D eigenvalue weighted by molar-refractivity contribution is -0.147. The summed E-state index contributed by atoms with van der Waals surface area (Å²) in [6, 6.07) is 22.6. The summed E-state index contributed by atoms with van der Waals surface area (Å²) in [6.45, 7) is 20.9. The van der Waals surface area contributed by atoms with Crippen LogP contribution in [0, 0.1) is 17.3 Å². The number of aromatic nitrogens is 4. The number of fused-ring (bicyclic) bond motifs is 2. The number of ether oxygens (including phenoxy) is 7. The van der Waals surface area contributed by atoms with Gasteiger partial charge in [0, 0.05) is 50.3 Å². The van der Waals surface area contributed by atoms with Crippen LogP contribution in [0.5, 0.6) is 5.75 Å². The lowest BCUT2D eigenvalue weighted by atomic mass is 9.83. The molecule has 3 aliphatic rings. The van der Waals surface area contributed by atoms with E-state index in [0.717, 1.165) is 60.6 Å². The monoisotopic (exact) mass is 1340 g/mol. The van der Waals surface area contributed by atoms with Gasteiger partial charge in [0.05, 0.1) is 89.7 Å². The Morgan fingerprint density at radius 3 is 2.12 bits per heavy atom. The summed E-state index contributed by atoms with van der Waals surface area (Å²) in [7, 11) is 0. The summed E-state index contributed by atoms with van der Waals surface area (Å²) >= 11 is 0. The first-order valence-electron chi connectivity index (χ1n) is 33.7. The average Bonchev–Trinajstić information content (AvgIpc) is 1.73. The molecule has 3 aromatic heterocycles. The molecule has 1 saturated carbocycles. The second-order valence-electron chi connectivity index (χ2n) is 26.7. The van der Waals surface area contributed by atoms with Crippen LogP contribution in [0.1, 0.15) is 144 Å². The van der Waals surface area contributed by atoms with Crippen molar-refractivity contribution in [2.45, 2.75) is 144 Å². The van der Waals surface area contributed by atoms with Gasteiger partial charge < -0.3 is 63.7 Å². The largest absolute Gasteiger partial charge is 0.491 e. The van der Waals surface area contributed by atoms with E-state index in [-0.39, 0.29) is 53.5 Å². The van der Waals surface area contributed by atoms with Crippen LogP contribution < -0.4 is 30.9 Å². The average molecular weight is 1350 g/mol. The summed E-state index contributed by atoms with van der Waals surface area (Å²) in [5, 5.41) is 16.3. The molecule has 2 aliphatic carbocycles. The van der Waals surface area contributed by atoms with Gasteiger partial charge >= 0.3 is 6.09 Å². The molecule has 9 rings (SSSR count). The Kier molecular flexibility index (Phi) is 26.2. The Morgan fingerprint density at radius 1 is 0.784 bits per heavy atom. The van der Waals surface area contributed by atoms with Crippen LogP contribution in [0.3, 0.4) is 0 Å². The van der Waals surface area contributed by atoms with Gasteiger partial charge in [-0.05, 0) is 135 Å². The number of hydrogen-bond acceptors (Lipinski definition) is 17. The standard InChI is InChI=1S/C72H94F2N10O13/c1-9-47(2)65(85)80-63(71(3,4)5)69(88)82-44-53-39-55(24-21-51(53)40-60(82)67(87)77-57-16-12-14-50-13-10-11-15-56(50)57)95-38-37-94-36-35-93-34-33-92-32-31-91-30-29-90-28-27-75-42-48-19-22-54(23-20-48)84-45-58(62(81-84)64(73)74)78-66(86)59-46-96-68(79-59)52-25-26-76-61(41-52)83(43-49-17-18-49)70(89)97-72(6,7)8/h10-11,13,15,19-26,39,41,45-47,49,57,60,63-64,75H,9,12,14,16-18,27-38,40,42-44H2,1-8H3,(H,77,87)(H,78,86)(H,80,85)/t47-,57-,60+,63-/m1/s1. The number of carbonyl (C=O) groups excluding carboxylic acids is 5. The molecule has 1 fully saturated rings. The van der Waals surface area contributed by atoms with E-state index in [4.69, 9.17) is 37.6 Å². The first kappa shape index (κ1) is 73.1. The van der Waals surface area contributed by atoms with Gasteiger partial charge in [-0.25, -0.2) is 28.2 Å². The van der Waals surface area contributed by atoms with Gasteiger partial charge in [0.1, 0.15) is 42.1 Å². The minimum Gasteiger partial charge on any atom is -0.491 e.